The van der Waals surface area contributed by atoms with Crippen molar-refractivity contribution in [1.29, 1.82) is 0 Å². The summed E-state index contributed by atoms with van der Waals surface area (Å²) < 4.78 is 2.11. The van der Waals surface area contributed by atoms with E-state index in [1.165, 1.54) is 11.3 Å². The first kappa shape index (κ1) is 13.8. The lowest BCUT2D eigenvalue weighted by Crippen LogP contribution is -2.24. The van der Waals surface area contributed by atoms with Gasteiger partial charge in [0, 0.05) is 20.0 Å². The molecule has 108 valence electrons. The molecule has 0 aliphatic carbocycles. The van der Waals surface area contributed by atoms with Gasteiger partial charge in [0.05, 0.1) is 22.7 Å². The number of fused-ring (bicyclic) bond motifs is 1. The van der Waals surface area contributed by atoms with Crippen molar-refractivity contribution < 1.29 is 4.79 Å². The Balaban J connectivity index is 1.55. The number of hydrogen-bond acceptors (Lipinski definition) is 4. The molecule has 3 aromatic rings. The third-order valence-corrected chi connectivity index (χ3v) is 4.17. The van der Waals surface area contributed by atoms with E-state index in [0.717, 1.165) is 29.7 Å². The van der Waals surface area contributed by atoms with Crippen LogP contribution < -0.4 is 5.32 Å². The molecule has 0 bridgehead atoms. The van der Waals surface area contributed by atoms with E-state index in [9.17, 15) is 4.79 Å². The van der Waals surface area contributed by atoms with Crippen LogP contribution in [0.1, 0.15) is 21.9 Å². The minimum Gasteiger partial charge on any atom is -0.351 e. The smallest absolute Gasteiger partial charge is 0.262 e. The van der Waals surface area contributed by atoms with Gasteiger partial charge in [-0.3, -0.25) is 9.78 Å². The molecule has 0 saturated carbocycles. The van der Waals surface area contributed by atoms with E-state index in [1.807, 2.05) is 25.2 Å². The molecule has 2 heterocycles. The largest absolute Gasteiger partial charge is 0.351 e. The van der Waals surface area contributed by atoms with Crippen LogP contribution in [0.2, 0.25) is 0 Å². The molecule has 0 saturated heterocycles. The van der Waals surface area contributed by atoms with Gasteiger partial charge in [-0.1, -0.05) is 12.1 Å². The van der Waals surface area contributed by atoms with Crippen molar-refractivity contribution in [2.75, 3.05) is 6.54 Å². The van der Waals surface area contributed by atoms with Gasteiger partial charge in [0.1, 0.15) is 10.7 Å². The molecular weight excluding hydrogens is 284 g/mol. The van der Waals surface area contributed by atoms with E-state index >= 15 is 0 Å². The second kappa shape index (κ2) is 6.05. The summed E-state index contributed by atoms with van der Waals surface area (Å²) in [4.78, 5) is 20.9. The summed E-state index contributed by atoms with van der Waals surface area (Å²) in [6.07, 6.45) is 3.29. The van der Waals surface area contributed by atoms with Crippen molar-refractivity contribution in [3.8, 4) is 0 Å². The molecule has 6 heteroatoms. The minimum absolute atomic E-state index is 0.0532. The predicted molar refractivity (Wildman–Crippen MR) is 83.5 cm³/mol. The molecule has 0 fully saturated rings. The van der Waals surface area contributed by atoms with E-state index in [4.69, 9.17) is 0 Å². The van der Waals surface area contributed by atoms with E-state index in [2.05, 4.69) is 25.9 Å². The SMILES string of the molecule is Cn1c(CCCNC(=O)c2cncs2)nc2ccccc21. The number of nitrogens with one attached hydrogen (secondary N) is 1. The maximum Gasteiger partial charge on any atom is 0.262 e. The Hall–Kier alpha value is -2.21. The number of thiazole rings is 1. The minimum atomic E-state index is -0.0532. The summed E-state index contributed by atoms with van der Waals surface area (Å²) in [6.45, 7) is 0.639. The standard InChI is InChI=1S/C15H16N4OS/c1-19-12-6-3-2-5-11(12)18-14(19)7-4-8-17-15(20)13-9-16-10-21-13/h2-3,5-6,9-10H,4,7-8H2,1H3,(H,17,20). The number of carbonyl (C=O) groups excluding carboxylic acids is 1. The fourth-order valence-corrected chi connectivity index (χ4v) is 2.82. The van der Waals surface area contributed by atoms with Crippen LogP contribution in [-0.2, 0) is 13.5 Å². The molecule has 0 atom stereocenters. The number of hydrogen-bond donors (Lipinski definition) is 1. The van der Waals surface area contributed by atoms with E-state index in [-0.39, 0.29) is 5.91 Å². The summed E-state index contributed by atoms with van der Waals surface area (Å²) in [7, 11) is 2.03. The molecule has 0 radical (unpaired) electrons. The number of carbonyl (C=O) groups is 1. The molecular formula is C15H16N4OS. The first-order chi connectivity index (χ1) is 10.3. The number of aryl methyl sites for hydroxylation is 2. The summed E-state index contributed by atoms with van der Waals surface area (Å²) in [5, 5.41) is 2.90. The van der Waals surface area contributed by atoms with Crippen LogP contribution in [0.5, 0.6) is 0 Å². The van der Waals surface area contributed by atoms with Gasteiger partial charge >= 0.3 is 0 Å². The molecule has 21 heavy (non-hydrogen) atoms. The van der Waals surface area contributed by atoms with E-state index in [1.54, 1.807) is 11.7 Å². The summed E-state index contributed by atoms with van der Waals surface area (Å²) in [6, 6.07) is 8.10. The second-order valence-corrected chi connectivity index (χ2v) is 5.69. The molecule has 0 unspecified atom stereocenters. The second-order valence-electron chi connectivity index (χ2n) is 4.80. The summed E-state index contributed by atoms with van der Waals surface area (Å²) in [5.41, 5.74) is 3.82. The molecule has 1 aromatic carbocycles. The average molecular weight is 300 g/mol. The molecule has 0 aliphatic rings. The quantitative estimate of drug-likeness (QED) is 0.736. The Bertz CT molecular complexity index is 748. The van der Waals surface area contributed by atoms with Gasteiger partial charge in [-0.25, -0.2) is 4.98 Å². The zero-order valence-electron chi connectivity index (χ0n) is 11.7. The monoisotopic (exact) mass is 300 g/mol. The number of rotatable bonds is 5. The van der Waals surface area contributed by atoms with Crippen molar-refractivity contribution in [3.63, 3.8) is 0 Å². The van der Waals surface area contributed by atoms with Gasteiger partial charge in [-0.05, 0) is 18.6 Å². The predicted octanol–water partition coefficient (Wildman–Crippen LogP) is 2.39. The van der Waals surface area contributed by atoms with Crippen LogP contribution in [0.25, 0.3) is 11.0 Å². The van der Waals surface area contributed by atoms with Gasteiger partial charge in [-0.15, -0.1) is 11.3 Å². The maximum atomic E-state index is 11.8. The molecule has 3 rings (SSSR count). The summed E-state index contributed by atoms with van der Waals surface area (Å²) in [5.74, 6) is 0.991. The highest BCUT2D eigenvalue weighted by atomic mass is 32.1. The number of benzene rings is 1. The fourth-order valence-electron chi connectivity index (χ4n) is 2.28. The molecule has 0 spiro atoms. The highest BCUT2D eigenvalue weighted by Gasteiger charge is 2.08. The van der Waals surface area contributed by atoms with Crippen molar-refractivity contribution in [2.24, 2.45) is 7.05 Å². The Morgan fingerprint density at radius 1 is 1.38 bits per heavy atom. The molecule has 2 aromatic heterocycles. The zero-order chi connectivity index (χ0) is 14.7. The van der Waals surface area contributed by atoms with Crippen LogP contribution in [-0.4, -0.2) is 27.0 Å². The lowest BCUT2D eigenvalue weighted by Gasteiger charge is -2.04. The Labute approximate surface area is 126 Å². The first-order valence-electron chi connectivity index (χ1n) is 6.83. The molecule has 1 N–H and O–H groups in total. The van der Waals surface area contributed by atoms with Crippen LogP contribution in [0.15, 0.2) is 36.0 Å². The van der Waals surface area contributed by atoms with Gasteiger partial charge in [0.15, 0.2) is 0 Å². The van der Waals surface area contributed by atoms with Gasteiger partial charge in [0.2, 0.25) is 0 Å². The average Bonchev–Trinajstić information content (AvgIpc) is 3.13. The number of aromatic nitrogens is 3. The van der Waals surface area contributed by atoms with Gasteiger partial charge in [-0.2, -0.15) is 0 Å². The zero-order valence-corrected chi connectivity index (χ0v) is 12.6. The Kier molecular flexibility index (Phi) is 3.96. The fraction of sp³-hybridized carbons (Fsp3) is 0.267. The lowest BCUT2D eigenvalue weighted by molar-refractivity contribution is 0.0957. The summed E-state index contributed by atoms with van der Waals surface area (Å²) >= 11 is 1.35. The van der Waals surface area contributed by atoms with Crippen molar-refractivity contribution in [3.05, 3.63) is 46.7 Å². The maximum absolute atomic E-state index is 11.8. The third-order valence-electron chi connectivity index (χ3n) is 3.40. The normalized spacial score (nSPS) is 10.9. The van der Waals surface area contributed by atoms with Crippen LogP contribution in [0, 0.1) is 0 Å². The molecule has 0 aliphatic heterocycles. The number of para-hydroxylation sites is 2. The Morgan fingerprint density at radius 3 is 3.00 bits per heavy atom. The van der Waals surface area contributed by atoms with E-state index in [0.29, 0.717) is 11.4 Å². The lowest BCUT2D eigenvalue weighted by atomic mass is 10.3. The third kappa shape index (κ3) is 2.95. The van der Waals surface area contributed by atoms with Crippen molar-refractivity contribution in [2.45, 2.75) is 12.8 Å². The number of imidazole rings is 1. The highest BCUT2D eigenvalue weighted by molar-refractivity contribution is 7.11. The van der Waals surface area contributed by atoms with Crippen LogP contribution in [0.4, 0.5) is 0 Å². The van der Waals surface area contributed by atoms with Gasteiger partial charge < -0.3 is 9.88 Å². The van der Waals surface area contributed by atoms with E-state index < -0.39 is 0 Å². The molecule has 1 amide bonds. The number of amides is 1. The topological polar surface area (TPSA) is 59.8 Å². The first-order valence-corrected chi connectivity index (χ1v) is 7.70. The van der Waals surface area contributed by atoms with Crippen LogP contribution in [0.3, 0.4) is 0 Å². The van der Waals surface area contributed by atoms with Crippen molar-refractivity contribution in [1.82, 2.24) is 19.9 Å². The number of nitrogens with zero attached hydrogens (tertiary/aromatic N) is 3. The van der Waals surface area contributed by atoms with Crippen molar-refractivity contribution >= 4 is 28.3 Å². The van der Waals surface area contributed by atoms with Crippen LogP contribution >= 0.6 is 11.3 Å². The highest BCUT2D eigenvalue weighted by Crippen LogP contribution is 2.15. The van der Waals surface area contributed by atoms with Gasteiger partial charge in [0.25, 0.3) is 5.91 Å². The Morgan fingerprint density at radius 2 is 2.24 bits per heavy atom. The molecule has 5 nitrogen and oxygen atoms in total.